The fourth-order valence-electron chi connectivity index (χ4n) is 1.23. The molecule has 4 nitrogen and oxygen atoms in total. The zero-order valence-electron chi connectivity index (χ0n) is 8.19. The minimum atomic E-state index is -0.407. The Hall–Kier alpha value is -1.17. The highest BCUT2D eigenvalue weighted by Crippen LogP contribution is 2.14. The van der Waals surface area contributed by atoms with Gasteiger partial charge in [0.05, 0.1) is 0 Å². The van der Waals surface area contributed by atoms with Crippen LogP contribution in [0.2, 0.25) is 0 Å². The van der Waals surface area contributed by atoms with Gasteiger partial charge in [0.25, 0.3) is 0 Å². The molecule has 2 heterocycles. The monoisotopic (exact) mass is 272 g/mol. The molecular formula is C9H10BrFN4. The Bertz CT molecular complexity index is 470. The van der Waals surface area contributed by atoms with Gasteiger partial charge in [-0.25, -0.2) is 8.91 Å². The number of hydrogen-bond acceptors (Lipinski definition) is 3. The number of nitrogens with zero attached hydrogens (tertiary/aromatic N) is 4. The summed E-state index contributed by atoms with van der Waals surface area (Å²) in [5.74, 6) is 0.533. The van der Waals surface area contributed by atoms with E-state index in [2.05, 4.69) is 26.0 Å². The molecule has 80 valence electrons. The van der Waals surface area contributed by atoms with E-state index in [1.165, 1.54) is 0 Å². The quantitative estimate of drug-likeness (QED) is 0.856. The first kappa shape index (κ1) is 10.4. The largest absolute Gasteiger partial charge is 0.340 e. The van der Waals surface area contributed by atoms with E-state index in [0.717, 1.165) is 10.1 Å². The molecule has 2 aromatic rings. The van der Waals surface area contributed by atoms with Crippen LogP contribution in [0.25, 0.3) is 5.65 Å². The van der Waals surface area contributed by atoms with Crippen molar-refractivity contribution in [1.29, 1.82) is 0 Å². The lowest BCUT2D eigenvalue weighted by Gasteiger charge is -2.10. The Labute approximate surface area is 94.8 Å². The van der Waals surface area contributed by atoms with Gasteiger partial charge in [0.2, 0.25) is 5.95 Å². The summed E-state index contributed by atoms with van der Waals surface area (Å²) < 4.78 is 14.7. The van der Waals surface area contributed by atoms with Gasteiger partial charge in [0, 0.05) is 24.3 Å². The second-order valence-electron chi connectivity index (χ2n) is 3.17. The minimum Gasteiger partial charge on any atom is -0.340 e. The molecule has 0 N–H and O–H groups in total. The molecule has 0 amide bonds. The first-order chi connectivity index (χ1) is 7.20. The molecule has 0 aliphatic rings. The van der Waals surface area contributed by atoms with Crippen LogP contribution in [0.5, 0.6) is 0 Å². The highest BCUT2D eigenvalue weighted by molar-refractivity contribution is 9.10. The van der Waals surface area contributed by atoms with Gasteiger partial charge in [-0.1, -0.05) is 15.9 Å². The molecule has 2 aromatic heterocycles. The lowest BCUT2D eigenvalue weighted by atomic mass is 10.5. The molecular weight excluding hydrogens is 263 g/mol. The standard InChI is InChI=1S/C9H10BrFN4/c1-14(5-3-11)9-12-8-6-7(10)2-4-15(8)13-9/h2,4,6H,3,5H2,1H3. The van der Waals surface area contributed by atoms with E-state index >= 15 is 0 Å². The van der Waals surface area contributed by atoms with E-state index in [-0.39, 0.29) is 0 Å². The third-order valence-electron chi connectivity index (χ3n) is 2.05. The number of rotatable bonds is 3. The minimum absolute atomic E-state index is 0.304. The average Bonchev–Trinajstić information content (AvgIpc) is 2.60. The van der Waals surface area contributed by atoms with Crippen molar-refractivity contribution in [3.05, 3.63) is 22.8 Å². The molecule has 15 heavy (non-hydrogen) atoms. The fraction of sp³-hybridized carbons (Fsp3) is 0.333. The number of halogens is 2. The Morgan fingerprint density at radius 3 is 3.13 bits per heavy atom. The van der Waals surface area contributed by atoms with Crippen LogP contribution < -0.4 is 4.90 Å². The van der Waals surface area contributed by atoms with Gasteiger partial charge in [0.15, 0.2) is 5.65 Å². The van der Waals surface area contributed by atoms with Gasteiger partial charge in [-0.15, -0.1) is 5.10 Å². The maximum absolute atomic E-state index is 12.1. The molecule has 2 rings (SSSR count). The molecule has 0 aliphatic carbocycles. The normalized spacial score (nSPS) is 10.9. The van der Waals surface area contributed by atoms with Crippen molar-refractivity contribution in [3.63, 3.8) is 0 Å². The summed E-state index contributed by atoms with van der Waals surface area (Å²) in [6, 6.07) is 3.74. The van der Waals surface area contributed by atoms with Crippen LogP contribution >= 0.6 is 15.9 Å². The van der Waals surface area contributed by atoms with Crippen molar-refractivity contribution >= 4 is 27.5 Å². The van der Waals surface area contributed by atoms with Crippen LogP contribution in [-0.2, 0) is 0 Å². The molecule has 0 fully saturated rings. The zero-order valence-corrected chi connectivity index (χ0v) is 9.78. The third kappa shape index (κ3) is 2.09. The Morgan fingerprint density at radius 2 is 2.40 bits per heavy atom. The van der Waals surface area contributed by atoms with Gasteiger partial charge in [0.1, 0.15) is 6.67 Å². The summed E-state index contributed by atoms with van der Waals surface area (Å²) in [4.78, 5) is 5.95. The van der Waals surface area contributed by atoms with Gasteiger partial charge in [-0.3, -0.25) is 0 Å². The molecule has 0 saturated heterocycles. The van der Waals surface area contributed by atoms with E-state index < -0.39 is 6.67 Å². The molecule has 0 spiro atoms. The van der Waals surface area contributed by atoms with Gasteiger partial charge in [-0.2, -0.15) is 4.98 Å². The summed E-state index contributed by atoms with van der Waals surface area (Å²) in [6.07, 6.45) is 1.80. The molecule has 6 heteroatoms. The van der Waals surface area contributed by atoms with Gasteiger partial charge in [-0.05, 0) is 12.1 Å². The predicted octanol–water partition coefficient (Wildman–Crippen LogP) is 1.90. The maximum atomic E-state index is 12.1. The van der Waals surface area contributed by atoms with Crippen LogP contribution in [0.4, 0.5) is 10.3 Å². The van der Waals surface area contributed by atoms with Gasteiger partial charge < -0.3 is 4.90 Å². The SMILES string of the molecule is CN(CCF)c1nc2cc(Br)ccn2n1. The lowest BCUT2D eigenvalue weighted by molar-refractivity contribution is 0.495. The fourth-order valence-corrected chi connectivity index (χ4v) is 1.56. The predicted molar refractivity (Wildman–Crippen MR) is 59.9 cm³/mol. The van der Waals surface area contributed by atoms with Crippen LogP contribution in [0, 0.1) is 0 Å². The molecule has 0 saturated carbocycles. The van der Waals surface area contributed by atoms with E-state index in [1.54, 1.807) is 22.7 Å². The molecule has 0 atom stereocenters. The Morgan fingerprint density at radius 1 is 1.60 bits per heavy atom. The van der Waals surface area contributed by atoms with Crippen molar-refractivity contribution in [3.8, 4) is 0 Å². The zero-order chi connectivity index (χ0) is 10.8. The summed E-state index contributed by atoms with van der Waals surface area (Å²) >= 11 is 3.35. The van der Waals surface area contributed by atoms with Crippen LogP contribution in [0.3, 0.4) is 0 Å². The Kier molecular flexibility index (Phi) is 2.86. The topological polar surface area (TPSA) is 33.4 Å². The van der Waals surface area contributed by atoms with E-state index in [1.807, 2.05) is 12.1 Å². The number of hydrogen-bond donors (Lipinski definition) is 0. The smallest absolute Gasteiger partial charge is 0.245 e. The number of fused-ring (bicyclic) bond motifs is 1. The van der Waals surface area contributed by atoms with Crippen LogP contribution in [0.15, 0.2) is 22.8 Å². The number of pyridine rings is 1. The second-order valence-corrected chi connectivity index (χ2v) is 4.09. The molecule has 0 aromatic carbocycles. The maximum Gasteiger partial charge on any atom is 0.245 e. The van der Waals surface area contributed by atoms with E-state index in [4.69, 9.17) is 0 Å². The molecule has 0 bridgehead atoms. The van der Waals surface area contributed by atoms with Crippen molar-refractivity contribution in [2.75, 3.05) is 25.2 Å². The number of alkyl halides is 1. The summed E-state index contributed by atoms with van der Waals surface area (Å²) in [5, 5.41) is 4.22. The number of anilines is 1. The summed E-state index contributed by atoms with van der Waals surface area (Å²) in [5.41, 5.74) is 0.741. The van der Waals surface area contributed by atoms with Crippen molar-refractivity contribution in [2.24, 2.45) is 0 Å². The Balaban J connectivity index is 2.38. The molecule has 0 aliphatic heterocycles. The van der Waals surface area contributed by atoms with Crippen molar-refractivity contribution < 1.29 is 4.39 Å². The average molecular weight is 273 g/mol. The van der Waals surface area contributed by atoms with E-state index in [0.29, 0.717) is 12.5 Å². The van der Waals surface area contributed by atoms with E-state index in [9.17, 15) is 4.39 Å². The highest BCUT2D eigenvalue weighted by atomic mass is 79.9. The van der Waals surface area contributed by atoms with Crippen molar-refractivity contribution in [1.82, 2.24) is 14.6 Å². The lowest BCUT2D eigenvalue weighted by Crippen LogP contribution is -2.21. The summed E-state index contributed by atoms with van der Waals surface area (Å²) in [6.45, 7) is -0.103. The second kappa shape index (κ2) is 4.14. The molecule has 0 radical (unpaired) electrons. The summed E-state index contributed by atoms with van der Waals surface area (Å²) in [7, 11) is 1.77. The third-order valence-corrected chi connectivity index (χ3v) is 2.54. The van der Waals surface area contributed by atoms with Crippen molar-refractivity contribution in [2.45, 2.75) is 0 Å². The highest BCUT2D eigenvalue weighted by Gasteiger charge is 2.07. The first-order valence-corrected chi connectivity index (χ1v) is 5.29. The first-order valence-electron chi connectivity index (χ1n) is 4.50. The molecule has 0 unspecified atom stereocenters. The van der Waals surface area contributed by atoms with Crippen LogP contribution in [0.1, 0.15) is 0 Å². The van der Waals surface area contributed by atoms with Crippen LogP contribution in [-0.4, -0.2) is 34.9 Å². The number of aromatic nitrogens is 3. The van der Waals surface area contributed by atoms with Gasteiger partial charge >= 0.3 is 0 Å².